The first-order valence-electron chi connectivity index (χ1n) is 9.72. The molecule has 0 spiro atoms. The number of hydrazone groups is 1. The van der Waals surface area contributed by atoms with E-state index in [0.717, 1.165) is 23.5 Å². The van der Waals surface area contributed by atoms with Gasteiger partial charge in [0.15, 0.2) is 5.13 Å². The Hall–Kier alpha value is -4.79. The molecule has 1 aliphatic rings. The van der Waals surface area contributed by atoms with Crippen LogP contribution in [0.1, 0.15) is 6.92 Å². The molecular weight excluding hydrogens is 484 g/mol. The zero-order valence-corrected chi connectivity index (χ0v) is 18.8. The lowest BCUT2D eigenvalue weighted by Gasteiger charge is -2.13. The van der Waals surface area contributed by atoms with Gasteiger partial charge in [-0.05, 0) is 31.2 Å². The summed E-state index contributed by atoms with van der Waals surface area (Å²) in [5.41, 5.74) is -1.21. The number of carbonyl (C=O) groups excluding carboxylic acids is 3. The van der Waals surface area contributed by atoms with Crippen molar-refractivity contribution in [1.82, 2.24) is 4.98 Å². The summed E-state index contributed by atoms with van der Waals surface area (Å²) in [4.78, 5) is 63.2. The molecule has 15 heteroatoms. The first-order valence-corrected chi connectivity index (χ1v) is 10.5. The van der Waals surface area contributed by atoms with E-state index in [1.807, 2.05) is 0 Å². The number of carbonyl (C=O) groups is 3. The highest BCUT2D eigenvalue weighted by molar-refractivity contribution is 7.22. The summed E-state index contributed by atoms with van der Waals surface area (Å²) in [5.74, 6) is -4.31. The SMILES string of the molecule is COc1ccc2nc(NC(=O)C(=O)C3C(=O)N(c4ccc([N+](=O)[O-])cc4[N+](=O)[O-])N=C3C)sc2c1. The molecule has 0 saturated heterocycles. The van der Waals surface area contributed by atoms with Gasteiger partial charge in [0.25, 0.3) is 17.5 Å². The van der Waals surface area contributed by atoms with Crippen LogP contribution >= 0.6 is 11.3 Å². The number of amides is 2. The molecule has 14 nitrogen and oxygen atoms in total. The molecule has 178 valence electrons. The predicted octanol–water partition coefficient (Wildman–Crippen LogP) is 2.67. The number of thiazole rings is 1. The Labute approximate surface area is 199 Å². The smallest absolute Gasteiger partial charge is 0.301 e. The monoisotopic (exact) mass is 498 g/mol. The summed E-state index contributed by atoms with van der Waals surface area (Å²) in [6, 6.07) is 7.68. The molecule has 0 aliphatic carbocycles. The number of nitro benzene ring substituents is 2. The number of non-ortho nitro benzene ring substituents is 1. The number of ether oxygens (including phenoxy) is 1. The molecule has 0 radical (unpaired) electrons. The maximum absolute atomic E-state index is 12.9. The van der Waals surface area contributed by atoms with Gasteiger partial charge in [-0.1, -0.05) is 11.3 Å². The van der Waals surface area contributed by atoms with Crippen LogP contribution in [0.2, 0.25) is 0 Å². The topological polar surface area (TPSA) is 187 Å². The van der Waals surface area contributed by atoms with Crippen LogP contribution in [-0.4, -0.2) is 45.2 Å². The van der Waals surface area contributed by atoms with Crippen LogP contribution in [0.25, 0.3) is 10.2 Å². The fourth-order valence-corrected chi connectivity index (χ4v) is 4.26. The van der Waals surface area contributed by atoms with Gasteiger partial charge in [-0.3, -0.25) is 39.9 Å². The summed E-state index contributed by atoms with van der Waals surface area (Å²) in [6.45, 7) is 1.31. The average Bonchev–Trinajstić information content (AvgIpc) is 3.36. The molecule has 4 rings (SSSR count). The van der Waals surface area contributed by atoms with Gasteiger partial charge in [0.05, 0.1) is 39.0 Å². The number of methoxy groups -OCH3 is 1. The van der Waals surface area contributed by atoms with E-state index in [1.54, 1.807) is 18.2 Å². The van der Waals surface area contributed by atoms with E-state index in [0.29, 0.717) is 27.0 Å². The van der Waals surface area contributed by atoms with Gasteiger partial charge >= 0.3 is 5.69 Å². The van der Waals surface area contributed by atoms with E-state index < -0.39 is 44.7 Å². The van der Waals surface area contributed by atoms with E-state index >= 15 is 0 Å². The Balaban J connectivity index is 1.57. The average molecular weight is 498 g/mol. The zero-order chi connectivity index (χ0) is 25.4. The second kappa shape index (κ2) is 8.86. The molecule has 2 aromatic carbocycles. The van der Waals surface area contributed by atoms with Gasteiger partial charge in [-0.2, -0.15) is 10.1 Å². The van der Waals surface area contributed by atoms with Crippen molar-refractivity contribution in [2.24, 2.45) is 11.0 Å². The van der Waals surface area contributed by atoms with Gasteiger partial charge in [0.2, 0.25) is 5.78 Å². The van der Waals surface area contributed by atoms with E-state index in [4.69, 9.17) is 4.74 Å². The lowest BCUT2D eigenvalue weighted by Crippen LogP contribution is -2.39. The van der Waals surface area contributed by atoms with Crippen LogP contribution in [-0.2, 0) is 14.4 Å². The number of nitro groups is 2. The molecule has 0 bridgehead atoms. The van der Waals surface area contributed by atoms with Crippen LogP contribution in [0.5, 0.6) is 5.75 Å². The number of Topliss-reactive ketones (excluding diaryl/α,β-unsaturated/α-hetero) is 1. The normalized spacial score (nSPS) is 15.1. The summed E-state index contributed by atoms with van der Waals surface area (Å²) >= 11 is 1.09. The number of hydrogen-bond acceptors (Lipinski definition) is 11. The third-order valence-corrected chi connectivity index (χ3v) is 5.96. The van der Waals surface area contributed by atoms with E-state index in [1.165, 1.54) is 14.0 Å². The lowest BCUT2D eigenvalue weighted by atomic mass is 9.98. The van der Waals surface area contributed by atoms with Crippen LogP contribution in [0.4, 0.5) is 22.2 Å². The molecule has 0 fully saturated rings. The van der Waals surface area contributed by atoms with Crippen molar-refractivity contribution in [1.29, 1.82) is 0 Å². The second-order valence-corrected chi connectivity index (χ2v) is 8.21. The lowest BCUT2D eigenvalue weighted by molar-refractivity contribution is -0.393. The number of anilines is 2. The minimum Gasteiger partial charge on any atom is -0.497 e. The number of aromatic nitrogens is 1. The highest BCUT2D eigenvalue weighted by Gasteiger charge is 2.44. The highest BCUT2D eigenvalue weighted by Crippen LogP contribution is 2.35. The van der Waals surface area contributed by atoms with Crippen LogP contribution in [0, 0.1) is 26.1 Å². The Kier molecular flexibility index (Phi) is 5.92. The molecule has 1 aromatic heterocycles. The molecule has 1 unspecified atom stereocenters. The van der Waals surface area contributed by atoms with Crippen molar-refractivity contribution in [3.8, 4) is 5.75 Å². The van der Waals surface area contributed by atoms with Gasteiger partial charge in [-0.25, -0.2) is 4.98 Å². The molecule has 1 atom stereocenters. The fourth-order valence-electron chi connectivity index (χ4n) is 3.37. The number of benzene rings is 2. The quantitative estimate of drug-likeness (QED) is 0.221. The van der Waals surface area contributed by atoms with Crippen molar-refractivity contribution < 1.29 is 29.0 Å². The Morgan fingerprint density at radius 1 is 1.14 bits per heavy atom. The number of rotatable bonds is 7. The third kappa shape index (κ3) is 4.26. The molecule has 2 amide bonds. The third-order valence-electron chi connectivity index (χ3n) is 5.03. The number of nitrogens with zero attached hydrogens (tertiary/aromatic N) is 5. The minimum atomic E-state index is -1.63. The number of hydrogen-bond donors (Lipinski definition) is 1. The maximum atomic E-state index is 12.9. The molecule has 3 aromatic rings. The van der Waals surface area contributed by atoms with Crippen LogP contribution < -0.4 is 15.1 Å². The minimum absolute atomic E-state index is 0.0724. The Bertz CT molecular complexity index is 1470. The van der Waals surface area contributed by atoms with E-state index in [2.05, 4.69) is 15.4 Å². The number of nitrogens with one attached hydrogen (secondary N) is 1. The van der Waals surface area contributed by atoms with Crippen molar-refractivity contribution in [2.75, 3.05) is 17.4 Å². The van der Waals surface area contributed by atoms with Crippen molar-refractivity contribution in [3.63, 3.8) is 0 Å². The molecule has 35 heavy (non-hydrogen) atoms. The first kappa shape index (κ1) is 23.4. The summed E-state index contributed by atoms with van der Waals surface area (Å²) < 4.78 is 5.83. The summed E-state index contributed by atoms with van der Waals surface area (Å²) in [7, 11) is 1.50. The molecule has 0 saturated carbocycles. The van der Waals surface area contributed by atoms with Crippen molar-refractivity contribution >= 4 is 67.1 Å². The Morgan fingerprint density at radius 3 is 2.54 bits per heavy atom. The Morgan fingerprint density at radius 2 is 1.89 bits per heavy atom. The zero-order valence-electron chi connectivity index (χ0n) is 18.0. The van der Waals surface area contributed by atoms with Gasteiger partial charge in [0, 0.05) is 6.07 Å². The van der Waals surface area contributed by atoms with Crippen LogP contribution in [0.15, 0.2) is 41.5 Å². The van der Waals surface area contributed by atoms with Gasteiger partial charge in [-0.15, -0.1) is 0 Å². The predicted molar refractivity (Wildman–Crippen MR) is 124 cm³/mol. The van der Waals surface area contributed by atoms with E-state index in [9.17, 15) is 34.6 Å². The largest absolute Gasteiger partial charge is 0.497 e. The molecule has 1 N–H and O–H groups in total. The standard InChI is InChI=1S/C20H14N6O8S/c1-9-16(17(27)18(28)22-20-21-12-5-4-11(34-2)8-15(12)35-20)19(29)24(23-9)13-6-3-10(25(30)31)7-14(13)26(32)33/h3-8,16H,1-2H3,(H,21,22,28). The molecule has 2 heterocycles. The van der Waals surface area contributed by atoms with Crippen molar-refractivity contribution in [3.05, 3.63) is 56.6 Å². The van der Waals surface area contributed by atoms with Crippen molar-refractivity contribution in [2.45, 2.75) is 6.92 Å². The van der Waals surface area contributed by atoms with E-state index in [-0.39, 0.29) is 16.5 Å². The van der Waals surface area contributed by atoms with Gasteiger partial charge < -0.3 is 4.74 Å². The second-order valence-electron chi connectivity index (χ2n) is 7.18. The van der Waals surface area contributed by atoms with Gasteiger partial charge in [0.1, 0.15) is 17.4 Å². The maximum Gasteiger partial charge on any atom is 0.301 e. The first-order chi connectivity index (χ1) is 16.6. The molecular formula is C20H14N6O8S. The number of ketones is 1. The summed E-state index contributed by atoms with van der Waals surface area (Å²) in [5, 5.41) is 29.4. The summed E-state index contributed by atoms with van der Waals surface area (Å²) in [6.07, 6.45) is 0. The van der Waals surface area contributed by atoms with Crippen LogP contribution in [0.3, 0.4) is 0 Å². The fraction of sp³-hybridized carbons (Fsp3) is 0.150. The number of fused-ring (bicyclic) bond motifs is 1. The molecule has 1 aliphatic heterocycles. The highest BCUT2D eigenvalue weighted by atomic mass is 32.1.